The first-order valence-electron chi connectivity index (χ1n) is 7.22. The van der Waals surface area contributed by atoms with Gasteiger partial charge in [-0.15, -0.1) is 11.3 Å². The maximum absolute atomic E-state index is 10.8. The number of aryl methyl sites for hydroxylation is 1. The Hall–Kier alpha value is -1.12. The van der Waals surface area contributed by atoms with Gasteiger partial charge in [0.15, 0.2) is 0 Å². The molecule has 0 aliphatic carbocycles. The van der Waals surface area contributed by atoms with Gasteiger partial charge in [-0.1, -0.05) is 6.92 Å². The van der Waals surface area contributed by atoms with Gasteiger partial charge in [0.2, 0.25) is 0 Å². The zero-order chi connectivity index (χ0) is 15.0. The Kier molecular flexibility index (Phi) is 4.36. The highest BCUT2D eigenvalue weighted by Crippen LogP contribution is 2.36. The quantitative estimate of drug-likeness (QED) is 0.848. The Balaban J connectivity index is 2.57. The summed E-state index contributed by atoms with van der Waals surface area (Å²) in [6.45, 7) is 12.9. The molecule has 1 unspecified atom stereocenters. The van der Waals surface area contributed by atoms with Crippen LogP contribution in [0, 0.1) is 34.6 Å². The van der Waals surface area contributed by atoms with Crippen molar-refractivity contribution >= 4 is 11.3 Å². The molecule has 20 heavy (non-hydrogen) atoms. The molecule has 0 saturated carbocycles. The van der Waals surface area contributed by atoms with Gasteiger partial charge in [0, 0.05) is 9.75 Å². The molecule has 1 N–H and O–H groups in total. The Morgan fingerprint density at radius 3 is 1.85 bits per heavy atom. The van der Waals surface area contributed by atoms with E-state index in [1.165, 1.54) is 32.7 Å². The van der Waals surface area contributed by atoms with E-state index in [9.17, 15) is 5.11 Å². The summed E-state index contributed by atoms with van der Waals surface area (Å²) in [7, 11) is 0. The van der Waals surface area contributed by atoms with Crippen LogP contribution >= 0.6 is 11.3 Å². The summed E-state index contributed by atoms with van der Waals surface area (Å²) < 4.78 is 0. The molecular weight excluding hydrogens is 264 g/mol. The van der Waals surface area contributed by atoms with Gasteiger partial charge < -0.3 is 5.11 Å². The van der Waals surface area contributed by atoms with Crippen LogP contribution in [0.2, 0.25) is 0 Å². The summed E-state index contributed by atoms with van der Waals surface area (Å²) >= 11 is 1.72. The zero-order valence-electron chi connectivity index (χ0n) is 13.3. The lowest BCUT2D eigenvalue weighted by Crippen LogP contribution is -2.08. The van der Waals surface area contributed by atoms with Crippen LogP contribution in [-0.2, 0) is 6.42 Å². The van der Waals surface area contributed by atoms with Crippen molar-refractivity contribution < 1.29 is 5.11 Å². The first kappa shape index (κ1) is 15.3. The zero-order valence-corrected chi connectivity index (χ0v) is 14.1. The van der Waals surface area contributed by atoms with E-state index >= 15 is 0 Å². The van der Waals surface area contributed by atoms with E-state index in [1.54, 1.807) is 11.3 Å². The number of hydrogen-bond acceptors (Lipinski definition) is 2. The summed E-state index contributed by atoms with van der Waals surface area (Å²) in [5.74, 6) is 0. The van der Waals surface area contributed by atoms with Gasteiger partial charge in [-0.3, -0.25) is 0 Å². The Morgan fingerprint density at radius 1 is 0.900 bits per heavy atom. The van der Waals surface area contributed by atoms with Crippen molar-refractivity contribution in [1.82, 2.24) is 0 Å². The molecule has 0 aliphatic heterocycles. The van der Waals surface area contributed by atoms with Crippen molar-refractivity contribution in [2.45, 2.75) is 54.1 Å². The topological polar surface area (TPSA) is 20.2 Å². The van der Waals surface area contributed by atoms with Crippen LogP contribution in [0.4, 0.5) is 0 Å². The highest BCUT2D eigenvalue weighted by atomic mass is 32.1. The van der Waals surface area contributed by atoms with Crippen molar-refractivity contribution in [3.05, 3.63) is 55.3 Å². The average molecular weight is 288 g/mol. The van der Waals surface area contributed by atoms with Gasteiger partial charge in [-0.05, 0) is 86.6 Å². The highest BCUT2D eigenvalue weighted by Gasteiger charge is 2.21. The smallest absolute Gasteiger partial charge is 0.114 e. The number of benzene rings is 1. The van der Waals surface area contributed by atoms with Gasteiger partial charge in [0.05, 0.1) is 0 Å². The third kappa shape index (κ3) is 2.43. The van der Waals surface area contributed by atoms with Crippen LogP contribution < -0.4 is 0 Å². The molecule has 0 fully saturated rings. The second-order valence-electron chi connectivity index (χ2n) is 5.60. The molecular formula is C18H24OS. The minimum atomic E-state index is -0.502. The predicted octanol–water partition coefficient (Wildman–Crippen LogP) is 4.93. The third-order valence-corrected chi connectivity index (χ3v) is 5.91. The van der Waals surface area contributed by atoms with E-state index in [1.807, 2.05) is 0 Å². The molecule has 2 heteroatoms. The first-order chi connectivity index (χ1) is 9.38. The lowest BCUT2D eigenvalue weighted by atomic mass is 9.87. The summed E-state index contributed by atoms with van der Waals surface area (Å²) in [6, 6.07) is 4.19. The molecule has 0 spiro atoms. The maximum atomic E-state index is 10.8. The molecule has 1 nitrogen and oxygen atoms in total. The first-order valence-corrected chi connectivity index (χ1v) is 8.03. The lowest BCUT2D eigenvalue weighted by molar-refractivity contribution is 0.222. The van der Waals surface area contributed by atoms with Crippen LogP contribution in [0.15, 0.2) is 12.1 Å². The van der Waals surface area contributed by atoms with Gasteiger partial charge in [-0.2, -0.15) is 0 Å². The van der Waals surface area contributed by atoms with Gasteiger partial charge in [-0.25, -0.2) is 0 Å². The normalized spacial score (nSPS) is 12.8. The minimum Gasteiger partial charge on any atom is -0.383 e. The van der Waals surface area contributed by atoms with Gasteiger partial charge >= 0.3 is 0 Å². The Bertz CT molecular complexity index is 608. The second-order valence-corrected chi connectivity index (χ2v) is 6.80. The van der Waals surface area contributed by atoms with E-state index in [0.29, 0.717) is 0 Å². The number of hydrogen-bond donors (Lipinski definition) is 1. The molecule has 0 radical (unpaired) electrons. The van der Waals surface area contributed by atoms with Crippen LogP contribution in [-0.4, -0.2) is 5.11 Å². The van der Waals surface area contributed by atoms with E-state index < -0.39 is 6.10 Å². The molecule has 1 heterocycles. The molecule has 0 saturated heterocycles. The van der Waals surface area contributed by atoms with Crippen LogP contribution in [0.1, 0.15) is 56.2 Å². The Labute approximate surface area is 126 Å². The molecule has 1 aromatic heterocycles. The number of thiophene rings is 1. The summed E-state index contributed by atoms with van der Waals surface area (Å²) in [5.41, 5.74) is 7.49. The molecule has 0 bridgehead atoms. The van der Waals surface area contributed by atoms with Crippen molar-refractivity contribution in [3.63, 3.8) is 0 Å². The Morgan fingerprint density at radius 2 is 1.40 bits per heavy atom. The molecule has 1 aromatic carbocycles. The van der Waals surface area contributed by atoms with Gasteiger partial charge in [0.1, 0.15) is 6.10 Å². The van der Waals surface area contributed by atoms with Crippen molar-refractivity contribution in [2.75, 3.05) is 0 Å². The fourth-order valence-electron chi connectivity index (χ4n) is 2.81. The highest BCUT2D eigenvalue weighted by molar-refractivity contribution is 7.12. The summed E-state index contributed by atoms with van der Waals surface area (Å²) in [4.78, 5) is 2.38. The SMILES string of the molecule is CCc1ccc(C(O)c2c(C)c(C)c(C)c(C)c2C)s1. The predicted molar refractivity (Wildman–Crippen MR) is 87.9 cm³/mol. The van der Waals surface area contributed by atoms with E-state index in [-0.39, 0.29) is 0 Å². The largest absolute Gasteiger partial charge is 0.383 e. The molecule has 0 aliphatic rings. The fourth-order valence-corrected chi connectivity index (χ4v) is 3.76. The van der Waals surface area contributed by atoms with Crippen LogP contribution in [0.25, 0.3) is 0 Å². The molecule has 2 rings (SSSR count). The monoisotopic (exact) mass is 288 g/mol. The van der Waals surface area contributed by atoms with Crippen molar-refractivity contribution in [2.24, 2.45) is 0 Å². The molecule has 108 valence electrons. The second kappa shape index (κ2) is 5.71. The van der Waals surface area contributed by atoms with Crippen LogP contribution in [0.5, 0.6) is 0 Å². The molecule has 0 amide bonds. The van der Waals surface area contributed by atoms with Crippen LogP contribution in [0.3, 0.4) is 0 Å². The van der Waals surface area contributed by atoms with E-state index in [0.717, 1.165) is 16.9 Å². The molecule has 1 atom stereocenters. The number of aliphatic hydroxyl groups excluding tert-OH is 1. The number of aliphatic hydroxyl groups is 1. The third-order valence-electron chi connectivity index (χ3n) is 4.63. The van der Waals surface area contributed by atoms with Crippen molar-refractivity contribution in [1.29, 1.82) is 0 Å². The number of rotatable bonds is 3. The fraction of sp³-hybridized carbons (Fsp3) is 0.444. The molecule has 2 aromatic rings. The standard InChI is InChI=1S/C18H24OS/c1-7-15-8-9-16(20-15)18(19)17-13(5)11(3)10(2)12(4)14(17)6/h8-9,18-19H,7H2,1-6H3. The minimum absolute atomic E-state index is 0.502. The van der Waals surface area contributed by atoms with E-state index in [4.69, 9.17) is 0 Å². The van der Waals surface area contributed by atoms with Crippen molar-refractivity contribution in [3.8, 4) is 0 Å². The summed E-state index contributed by atoms with van der Waals surface area (Å²) in [6.07, 6.45) is 0.527. The summed E-state index contributed by atoms with van der Waals surface area (Å²) in [5, 5.41) is 10.8. The lowest BCUT2D eigenvalue weighted by Gasteiger charge is -2.22. The van der Waals surface area contributed by atoms with E-state index in [2.05, 4.69) is 53.7 Å². The van der Waals surface area contributed by atoms with Gasteiger partial charge in [0.25, 0.3) is 0 Å². The maximum Gasteiger partial charge on any atom is 0.114 e. The average Bonchev–Trinajstić information content (AvgIpc) is 2.92.